The molecule has 29 heavy (non-hydrogen) atoms. The van der Waals surface area contributed by atoms with Gasteiger partial charge in [0, 0.05) is 30.0 Å². The van der Waals surface area contributed by atoms with Crippen molar-refractivity contribution in [2.75, 3.05) is 12.1 Å². The van der Waals surface area contributed by atoms with Crippen LogP contribution in [0.15, 0.2) is 41.8 Å². The summed E-state index contributed by atoms with van der Waals surface area (Å²) in [5.41, 5.74) is 3.02. The minimum atomic E-state index is -0.336. The monoisotopic (exact) mass is 429 g/mol. The molecule has 9 heteroatoms. The largest absolute Gasteiger partial charge is 0.454 e. The molecule has 7 nitrogen and oxygen atoms in total. The van der Waals surface area contributed by atoms with Crippen molar-refractivity contribution in [1.82, 2.24) is 10.3 Å². The third-order valence-corrected chi connectivity index (χ3v) is 5.24. The number of benzene rings is 2. The number of anilines is 1. The van der Waals surface area contributed by atoms with E-state index in [-0.39, 0.29) is 18.6 Å². The quantitative estimate of drug-likeness (QED) is 0.637. The number of amides is 2. The molecule has 0 saturated heterocycles. The topological polar surface area (TPSA) is 89.6 Å². The van der Waals surface area contributed by atoms with Crippen molar-refractivity contribution in [1.29, 1.82) is 0 Å². The molecule has 0 unspecified atom stereocenters. The Morgan fingerprint density at radius 1 is 1.21 bits per heavy atom. The predicted molar refractivity (Wildman–Crippen MR) is 111 cm³/mol. The van der Waals surface area contributed by atoms with Crippen molar-refractivity contribution in [2.45, 2.75) is 13.5 Å². The minimum absolute atomic E-state index is 0.0716. The van der Waals surface area contributed by atoms with Crippen LogP contribution in [-0.2, 0) is 11.3 Å². The van der Waals surface area contributed by atoms with Gasteiger partial charge in [-0.1, -0.05) is 35.9 Å². The number of halogens is 1. The Hall–Kier alpha value is -3.10. The van der Waals surface area contributed by atoms with Crippen molar-refractivity contribution < 1.29 is 19.1 Å². The summed E-state index contributed by atoms with van der Waals surface area (Å²) in [5, 5.41) is 8.20. The lowest BCUT2D eigenvalue weighted by atomic mass is 10.1. The first kappa shape index (κ1) is 19.2. The van der Waals surface area contributed by atoms with Crippen LogP contribution in [0.3, 0.4) is 0 Å². The number of fused-ring (bicyclic) bond motifs is 1. The summed E-state index contributed by atoms with van der Waals surface area (Å²) in [6.07, 6.45) is 0. The number of carbonyl (C=O) groups is 2. The van der Waals surface area contributed by atoms with Crippen LogP contribution in [-0.4, -0.2) is 23.6 Å². The van der Waals surface area contributed by atoms with Crippen molar-refractivity contribution in [3.8, 4) is 22.8 Å². The lowest BCUT2D eigenvalue weighted by Crippen LogP contribution is -2.18. The molecule has 0 bridgehead atoms. The average Bonchev–Trinajstić information content (AvgIpc) is 3.36. The van der Waals surface area contributed by atoms with Crippen molar-refractivity contribution in [3.63, 3.8) is 0 Å². The number of aromatic nitrogens is 1. The van der Waals surface area contributed by atoms with E-state index in [0.29, 0.717) is 33.8 Å². The molecule has 0 aliphatic carbocycles. The molecule has 1 aliphatic rings. The molecule has 1 aromatic heterocycles. The normalized spacial score (nSPS) is 11.9. The van der Waals surface area contributed by atoms with Crippen LogP contribution < -0.4 is 20.1 Å². The van der Waals surface area contributed by atoms with E-state index in [1.807, 2.05) is 29.6 Å². The van der Waals surface area contributed by atoms with E-state index in [1.54, 1.807) is 6.07 Å². The molecule has 1 aliphatic heterocycles. The van der Waals surface area contributed by atoms with E-state index in [2.05, 4.69) is 15.6 Å². The highest BCUT2D eigenvalue weighted by molar-refractivity contribution is 7.14. The molecule has 2 heterocycles. The number of thiazole rings is 1. The van der Waals surface area contributed by atoms with Crippen LogP contribution in [0, 0.1) is 0 Å². The van der Waals surface area contributed by atoms with E-state index < -0.39 is 0 Å². The average molecular weight is 430 g/mol. The second-order valence-corrected chi connectivity index (χ2v) is 7.56. The standard InChI is InChI=1S/C20H16ClN3O4S/c1-11(25)22-8-12-2-4-13(5-3-12)16-9-29-20(23-16)24-19(26)14-6-15(21)18-17(7-14)27-10-28-18/h2-7,9H,8,10H2,1H3,(H,22,25)(H,23,24,26). The SMILES string of the molecule is CC(=O)NCc1ccc(-c2csc(NC(=O)c3cc(Cl)c4c(c3)OCO4)n2)cc1. The van der Waals surface area contributed by atoms with Gasteiger partial charge in [0.05, 0.1) is 10.7 Å². The molecule has 0 atom stereocenters. The number of nitrogens with zero attached hydrogens (tertiary/aromatic N) is 1. The second-order valence-electron chi connectivity index (χ2n) is 6.29. The van der Waals surface area contributed by atoms with Crippen LogP contribution in [0.1, 0.15) is 22.8 Å². The highest BCUT2D eigenvalue weighted by Gasteiger charge is 2.21. The summed E-state index contributed by atoms with van der Waals surface area (Å²) in [6.45, 7) is 2.04. The molecule has 148 valence electrons. The number of ether oxygens (including phenoxy) is 2. The molecule has 0 fully saturated rings. The first-order valence-electron chi connectivity index (χ1n) is 8.69. The maximum atomic E-state index is 12.5. The molecule has 2 amide bonds. The fourth-order valence-electron chi connectivity index (χ4n) is 2.75. The molecule has 3 aromatic rings. The number of rotatable bonds is 5. The Labute approximate surface area is 175 Å². The molecule has 2 N–H and O–H groups in total. The van der Waals surface area contributed by atoms with Crippen LogP contribution >= 0.6 is 22.9 Å². The summed E-state index contributed by atoms with van der Waals surface area (Å²) in [5.74, 6) is 0.484. The van der Waals surface area contributed by atoms with Gasteiger partial charge in [0.1, 0.15) is 0 Å². The van der Waals surface area contributed by atoms with Crippen molar-refractivity contribution >= 4 is 39.9 Å². The van der Waals surface area contributed by atoms with Crippen LogP contribution in [0.5, 0.6) is 11.5 Å². The molecule has 2 aromatic carbocycles. The predicted octanol–water partition coefficient (Wildman–Crippen LogP) is 4.08. The van der Waals surface area contributed by atoms with Gasteiger partial charge in [-0.2, -0.15) is 0 Å². The van der Waals surface area contributed by atoms with Gasteiger partial charge in [0.15, 0.2) is 16.6 Å². The third-order valence-electron chi connectivity index (χ3n) is 4.21. The van der Waals surface area contributed by atoms with Crippen LogP contribution in [0.4, 0.5) is 5.13 Å². The van der Waals surface area contributed by atoms with Gasteiger partial charge in [-0.15, -0.1) is 11.3 Å². The lowest BCUT2D eigenvalue weighted by molar-refractivity contribution is -0.119. The number of nitrogens with one attached hydrogen (secondary N) is 2. The summed E-state index contributed by atoms with van der Waals surface area (Å²) in [7, 11) is 0. The number of hydrogen-bond acceptors (Lipinski definition) is 6. The Kier molecular flexibility index (Phi) is 5.37. The molecular weight excluding hydrogens is 414 g/mol. The lowest BCUT2D eigenvalue weighted by Gasteiger charge is -2.05. The first-order valence-corrected chi connectivity index (χ1v) is 9.95. The zero-order valence-corrected chi connectivity index (χ0v) is 16.9. The van der Waals surface area contributed by atoms with E-state index in [4.69, 9.17) is 21.1 Å². The minimum Gasteiger partial charge on any atom is -0.454 e. The Morgan fingerprint density at radius 3 is 2.76 bits per heavy atom. The molecule has 0 radical (unpaired) electrons. The van der Waals surface area contributed by atoms with Gasteiger partial charge < -0.3 is 14.8 Å². The fourth-order valence-corrected chi connectivity index (χ4v) is 3.73. The maximum absolute atomic E-state index is 12.5. The first-order chi connectivity index (χ1) is 14.0. The Morgan fingerprint density at radius 2 is 2.00 bits per heavy atom. The van der Waals surface area contributed by atoms with Gasteiger partial charge in [0.25, 0.3) is 5.91 Å². The zero-order valence-electron chi connectivity index (χ0n) is 15.3. The molecule has 0 saturated carbocycles. The maximum Gasteiger partial charge on any atom is 0.257 e. The van der Waals surface area contributed by atoms with E-state index >= 15 is 0 Å². The van der Waals surface area contributed by atoms with E-state index in [1.165, 1.54) is 24.3 Å². The highest BCUT2D eigenvalue weighted by atomic mass is 35.5. The van der Waals surface area contributed by atoms with Gasteiger partial charge in [0.2, 0.25) is 12.7 Å². The molecule has 0 spiro atoms. The third kappa shape index (κ3) is 4.33. The number of carbonyl (C=O) groups excluding carboxylic acids is 2. The Balaban J connectivity index is 1.45. The summed E-state index contributed by atoms with van der Waals surface area (Å²) in [6, 6.07) is 10.8. The van der Waals surface area contributed by atoms with Gasteiger partial charge in [-0.05, 0) is 17.7 Å². The number of hydrogen-bond donors (Lipinski definition) is 2. The summed E-state index contributed by atoms with van der Waals surface area (Å²) in [4.78, 5) is 28.0. The van der Waals surface area contributed by atoms with Gasteiger partial charge in [-0.25, -0.2) is 4.98 Å². The Bertz CT molecular complexity index is 1080. The van der Waals surface area contributed by atoms with Crippen molar-refractivity contribution in [3.05, 3.63) is 57.9 Å². The second kappa shape index (κ2) is 8.10. The highest BCUT2D eigenvalue weighted by Crippen LogP contribution is 2.40. The summed E-state index contributed by atoms with van der Waals surface area (Å²) >= 11 is 7.46. The summed E-state index contributed by atoms with van der Waals surface area (Å²) < 4.78 is 10.6. The van der Waals surface area contributed by atoms with Gasteiger partial charge >= 0.3 is 0 Å². The van der Waals surface area contributed by atoms with E-state index in [0.717, 1.165) is 16.8 Å². The molecular formula is C20H16ClN3O4S. The van der Waals surface area contributed by atoms with Gasteiger partial charge in [-0.3, -0.25) is 14.9 Å². The zero-order chi connectivity index (χ0) is 20.4. The van der Waals surface area contributed by atoms with Crippen LogP contribution in [0.25, 0.3) is 11.3 Å². The smallest absolute Gasteiger partial charge is 0.257 e. The van der Waals surface area contributed by atoms with E-state index in [9.17, 15) is 9.59 Å². The molecule has 4 rings (SSSR count). The van der Waals surface area contributed by atoms with Crippen LogP contribution in [0.2, 0.25) is 5.02 Å². The fraction of sp³-hybridized carbons (Fsp3) is 0.150. The van der Waals surface area contributed by atoms with Crippen molar-refractivity contribution in [2.24, 2.45) is 0 Å².